The molecule has 19 heavy (non-hydrogen) atoms. The van der Waals surface area contributed by atoms with Crippen molar-refractivity contribution < 1.29 is 4.79 Å². The fourth-order valence-electron chi connectivity index (χ4n) is 2.18. The van der Waals surface area contributed by atoms with Gasteiger partial charge in [0.25, 0.3) is 0 Å². The van der Waals surface area contributed by atoms with E-state index in [0.29, 0.717) is 11.3 Å². The van der Waals surface area contributed by atoms with Crippen molar-refractivity contribution in [1.82, 2.24) is 4.98 Å². The van der Waals surface area contributed by atoms with Crippen molar-refractivity contribution in [3.8, 4) is 11.3 Å². The van der Waals surface area contributed by atoms with Crippen LogP contribution in [0.2, 0.25) is 0 Å². The summed E-state index contributed by atoms with van der Waals surface area (Å²) in [5.41, 5.74) is 2.45. The number of fused-ring (bicyclic) bond motifs is 2. The van der Waals surface area contributed by atoms with E-state index in [2.05, 4.69) is 10.3 Å². The Hall–Kier alpha value is -2.62. The highest BCUT2D eigenvalue weighted by Crippen LogP contribution is 2.23. The zero-order valence-corrected chi connectivity index (χ0v) is 10.4. The molecule has 0 spiro atoms. The van der Waals surface area contributed by atoms with E-state index in [1.54, 1.807) is 12.1 Å². The van der Waals surface area contributed by atoms with E-state index in [1.807, 2.05) is 30.3 Å². The van der Waals surface area contributed by atoms with Gasteiger partial charge in [0, 0.05) is 23.7 Å². The maximum atomic E-state index is 12.3. The van der Waals surface area contributed by atoms with Crippen LogP contribution in [0.15, 0.2) is 47.3 Å². The number of H-pyrrole nitrogens is 1. The number of benzene rings is 2. The standard InChI is InChI=1S/C15H12N2O2/c1-9(18)16-14-7-6-13-11(15(14)19)8-10-4-2-3-5-12(10)17-13/h2-8,17H,1H3,(H,16,18). The number of para-hydroxylation sites is 1. The summed E-state index contributed by atoms with van der Waals surface area (Å²) in [4.78, 5) is 26.5. The van der Waals surface area contributed by atoms with Crippen LogP contribution in [0.3, 0.4) is 0 Å². The summed E-state index contributed by atoms with van der Waals surface area (Å²) in [5, 5.41) is 3.51. The lowest BCUT2D eigenvalue weighted by molar-refractivity contribution is -0.114. The molecular weight excluding hydrogens is 240 g/mol. The van der Waals surface area contributed by atoms with Crippen LogP contribution in [-0.2, 0) is 4.79 Å². The third-order valence-electron chi connectivity index (χ3n) is 3.04. The molecule has 0 unspecified atom stereocenters. The van der Waals surface area contributed by atoms with Crippen molar-refractivity contribution in [2.45, 2.75) is 6.92 Å². The Morgan fingerprint density at radius 2 is 1.95 bits per heavy atom. The van der Waals surface area contributed by atoms with E-state index in [9.17, 15) is 9.59 Å². The number of hydrogen-bond acceptors (Lipinski definition) is 2. The van der Waals surface area contributed by atoms with Crippen LogP contribution in [0.25, 0.3) is 22.2 Å². The molecule has 1 aliphatic heterocycles. The Bertz CT molecular complexity index is 805. The zero-order valence-electron chi connectivity index (χ0n) is 10.4. The molecule has 4 nitrogen and oxygen atoms in total. The number of carbonyl (C=O) groups is 1. The number of hydrogen-bond donors (Lipinski definition) is 2. The van der Waals surface area contributed by atoms with Crippen LogP contribution in [0.4, 0.5) is 5.69 Å². The molecular formula is C15H12N2O2. The van der Waals surface area contributed by atoms with Crippen molar-refractivity contribution in [3.05, 3.63) is 52.7 Å². The van der Waals surface area contributed by atoms with Gasteiger partial charge in [-0.1, -0.05) is 18.2 Å². The highest BCUT2D eigenvalue weighted by Gasteiger charge is 2.12. The van der Waals surface area contributed by atoms with Crippen LogP contribution < -0.4 is 10.7 Å². The van der Waals surface area contributed by atoms with Crippen LogP contribution in [0.5, 0.6) is 0 Å². The molecule has 1 heterocycles. The third-order valence-corrected chi connectivity index (χ3v) is 3.04. The monoisotopic (exact) mass is 252 g/mol. The molecule has 0 saturated carbocycles. The van der Waals surface area contributed by atoms with Gasteiger partial charge in [-0.25, -0.2) is 0 Å². The SMILES string of the molecule is CC(=O)Nc1ccc2[nH]c3ccccc3cc-2c1=O. The molecule has 0 fully saturated rings. The van der Waals surface area contributed by atoms with E-state index in [0.717, 1.165) is 16.6 Å². The van der Waals surface area contributed by atoms with Gasteiger partial charge in [-0.05, 0) is 29.7 Å². The molecule has 2 N–H and O–H groups in total. The number of carbonyl (C=O) groups excluding carboxylic acids is 1. The van der Waals surface area contributed by atoms with E-state index >= 15 is 0 Å². The maximum Gasteiger partial charge on any atom is 0.221 e. The molecule has 4 heteroatoms. The minimum Gasteiger partial charge on any atom is -0.354 e. The second kappa shape index (κ2) is 4.24. The number of nitrogens with one attached hydrogen (secondary N) is 2. The summed E-state index contributed by atoms with van der Waals surface area (Å²) in [6.07, 6.45) is 0. The van der Waals surface area contributed by atoms with E-state index in [-0.39, 0.29) is 11.3 Å². The molecule has 1 amide bonds. The molecule has 0 bridgehead atoms. The number of aromatic nitrogens is 1. The average molecular weight is 252 g/mol. The zero-order chi connectivity index (χ0) is 13.4. The fraction of sp³-hybridized carbons (Fsp3) is 0.0667. The van der Waals surface area contributed by atoms with E-state index in [4.69, 9.17) is 0 Å². The minimum absolute atomic E-state index is 0.172. The van der Waals surface area contributed by atoms with E-state index < -0.39 is 0 Å². The van der Waals surface area contributed by atoms with Gasteiger partial charge in [-0.15, -0.1) is 0 Å². The average Bonchev–Trinajstić information content (AvgIpc) is 2.40. The topological polar surface area (TPSA) is 62.0 Å². The Kier molecular flexibility index (Phi) is 2.56. The van der Waals surface area contributed by atoms with Gasteiger partial charge in [0.15, 0.2) is 0 Å². The minimum atomic E-state index is -0.249. The lowest BCUT2D eigenvalue weighted by Gasteiger charge is -2.10. The lowest BCUT2D eigenvalue weighted by atomic mass is 10.0. The first-order chi connectivity index (χ1) is 9.15. The summed E-state index contributed by atoms with van der Waals surface area (Å²) in [6, 6.07) is 13.0. The Morgan fingerprint density at radius 3 is 2.74 bits per heavy atom. The molecule has 0 aromatic heterocycles. The fourth-order valence-corrected chi connectivity index (χ4v) is 2.18. The highest BCUT2D eigenvalue weighted by atomic mass is 16.2. The predicted molar refractivity (Wildman–Crippen MR) is 75.5 cm³/mol. The summed E-state index contributed by atoms with van der Waals surface area (Å²) in [7, 11) is 0. The number of pyridine rings is 1. The largest absolute Gasteiger partial charge is 0.354 e. The van der Waals surface area contributed by atoms with Crippen molar-refractivity contribution in [3.63, 3.8) is 0 Å². The van der Waals surface area contributed by atoms with Gasteiger partial charge in [0.1, 0.15) is 0 Å². The number of amides is 1. The number of rotatable bonds is 1. The van der Waals surface area contributed by atoms with Gasteiger partial charge in [0.05, 0.1) is 5.69 Å². The van der Waals surface area contributed by atoms with Crippen LogP contribution in [-0.4, -0.2) is 10.9 Å². The van der Waals surface area contributed by atoms with Crippen molar-refractivity contribution in [1.29, 1.82) is 0 Å². The third kappa shape index (κ3) is 1.97. The highest BCUT2D eigenvalue weighted by molar-refractivity contribution is 5.91. The molecule has 2 aliphatic rings. The second-order valence-electron chi connectivity index (χ2n) is 4.44. The first-order valence-electron chi connectivity index (χ1n) is 5.97. The molecule has 1 aromatic rings. The van der Waals surface area contributed by atoms with Gasteiger partial charge in [-0.3, -0.25) is 9.59 Å². The molecule has 3 rings (SSSR count). The summed E-state index contributed by atoms with van der Waals surface area (Å²) in [5.74, 6) is -0.249. The molecule has 0 radical (unpaired) electrons. The van der Waals surface area contributed by atoms with Crippen LogP contribution >= 0.6 is 0 Å². The van der Waals surface area contributed by atoms with Crippen LogP contribution in [0.1, 0.15) is 6.92 Å². The summed E-state index contributed by atoms with van der Waals surface area (Å²) >= 11 is 0. The second-order valence-corrected chi connectivity index (χ2v) is 4.44. The van der Waals surface area contributed by atoms with E-state index in [1.165, 1.54) is 6.92 Å². The molecule has 1 aromatic carbocycles. The van der Waals surface area contributed by atoms with Gasteiger partial charge in [-0.2, -0.15) is 0 Å². The number of anilines is 1. The smallest absolute Gasteiger partial charge is 0.221 e. The van der Waals surface area contributed by atoms with Crippen molar-refractivity contribution in [2.75, 3.05) is 5.32 Å². The molecule has 0 saturated heterocycles. The molecule has 0 atom stereocenters. The van der Waals surface area contributed by atoms with Crippen molar-refractivity contribution in [2.24, 2.45) is 0 Å². The first kappa shape index (κ1) is 11.5. The van der Waals surface area contributed by atoms with Crippen LogP contribution in [0, 0.1) is 0 Å². The Labute approximate surface area is 109 Å². The lowest BCUT2D eigenvalue weighted by Crippen LogP contribution is -2.17. The quantitative estimate of drug-likeness (QED) is 0.654. The number of aromatic amines is 1. The maximum absolute atomic E-state index is 12.3. The predicted octanol–water partition coefficient (Wildman–Crippen LogP) is 2.59. The van der Waals surface area contributed by atoms with Gasteiger partial charge in [0.2, 0.25) is 11.3 Å². The first-order valence-corrected chi connectivity index (χ1v) is 5.97. The molecule has 1 aliphatic carbocycles. The normalized spacial score (nSPS) is 10.8. The summed E-state index contributed by atoms with van der Waals surface area (Å²) < 4.78 is 0. The van der Waals surface area contributed by atoms with Gasteiger partial charge >= 0.3 is 0 Å². The summed E-state index contributed by atoms with van der Waals surface area (Å²) in [6.45, 7) is 1.39. The Morgan fingerprint density at radius 1 is 1.16 bits per heavy atom. The molecule has 94 valence electrons. The van der Waals surface area contributed by atoms with Crippen molar-refractivity contribution >= 4 is 22.5 Å². The Balaban J connectivity index is 2.30. The van der Waals surface area contributed by atoms with Gasteiger partial charge < -0.3 is 10.3 Å².